The van der Waals surface area contributed by atoms with Crippen LogP contribution in [0, 0.1) is 0 Å². The average Bonchev–Trinajstić information content (AvgIpc) is 2.40. The van der Waals surface area contributed by atoms with E-state index >= 15 is 0 Å². The van der Waals surface area contributed by atoms with Crippen molar-refractivity contribution in [2.45, 2.75) is 25.4 Å². The zero-order valence-electron chi connectivity index (χ0n) is 11.3. The first-order valence-corrected chi connectivity index (χ1v) is 9.92. The zero-order valence-corrected chi connectivity index (χ0v) is 15.3. The largest absolute Gasteiger partial charge is 0.310 e. The molecular weight excluding hydrogens is 408 g/mol. The molecule has 2 rings (SSSR count). The van der Waals surface area contributed by atoms with Gasteiger partial charge in [-0.3, -0.25) is 0 Å². The van der Waals surface area contributed by atoms with Crippen molar-refractivity contribution in [2.75, 3.05) is 19.3 Å². The van der Waals surface area contributed by atoms with Gasteiger partial charge in [-0.25, -0.2) is 12.7 Å². The third-order valence-electron chi connectivity index (χ3n) is 3.50. The molecule has 7 heteroatoms. The van der Waals surface area contributed by atoms with E-state index in [2.05, 4.69) is 49.3 Å². The van der Waals surface area contributed by atoms with Gasteiger partial charge < -0.3 is 5.32 Å². The average molecular weight is 426 g/mol. The van der Waals surface area contributed by atoms with Gasteiger partial charge in [0.2, 0.25) is 10.0 Å². The number of rotatable bonds is 4. The van der Waals surface area contributed by atoms with E-state index in [9.17, 15) is 8.42 Å². The van der Waals surface area contributed by atoms with Crippen molar-refractivity contribution in [3.63, 3.8) is 0 Å². The van der Waals surface area contributed by atoms with E-state index in [0.29, 0.717) is 19.1 Å². The molecule has 1 saturated heterocycles. The van der Waals surface area contributed by atoms with Gasteiger partial charge in [0.1, 0.15) is 0 Å². The first-order chi connectivity index (χ1) is 9.36. The lowest BCUT2D eigenvalue weighted by atomic mass is 10.1. The summed E-state index contributed by atoms with van der Waals surface area (Å²) in [5.41, 5.74) is 1.21. The fourth-order valence-electron chi connectivity index (χ4n) is 2.30. The quantitative estimate of drug-likeness (QED) is 0.806. The minimum absolute atomic E-state index is 0.385. The van der Waals surface area contributed by atoms with Crippen molar-refractivity contribution < 1.29 is 8.42 Å². The van der Waals surface area contributed by atoms with E-state index < -0.39 is 10.0 Å². The Morgan fingerprint density at radius 2 is 1.90 bits per heavy atom. The number of hydrogen-bond donors (Lipinski definition) is 1. The second kappa shape index (κ2) is 6.87. The van der Waals surface area contributed by atoms with Gasteiger partial charge in [0.15, 0.2) is 0 Å². The van der Waals surface area contributed by atoms with Gasteiger partial charge in [-0.05, 0) is 62.4 Å². The molecule has 1 fully saturated rings. The normalized spacial score (nSPS) is 18.4. The topological polar surface area (TPSA) is 49.4 Å². The van der Waals surface area contributed by atoms with Gasteiger partial charge in [-0.1, -0.05) is 6.07 Å². The molecule has 0 unspecified atom stereocenters. The van der Waals surface area contributed by atoms with Gasteiger partial charge in [0.25, 0.3) is 0 Å². The van der Waals surface area contributed by atoms with E-state index in [1.54, 1.807) is 4.31 Å². The molecule has 0 bridgehead atoms. The van der Waals surface area contributed by atoms with Crippen LogP contribution in [0.5, 0.6) is 0 Å². The Balaban J connectivity index is 1.83. The summed E-state index contributed by atoms with van der Waals surface area (Å²) in [5.74, 6) is 0. The van der Waals surface area contributed by atoms with Crippen LogP contribution in [0.15, 0.2) is 27.1 Å². The van der Waals surface area contributed by atoms with Gasteiger partial charge in [-0.2, -0.15) is 0 Å². The molecule has 0 aromatic heterocycles. The van der Waals surface area contributed by atoms with Crippen molar-refractivity contribution in [2.24, 2.45) is 0 Å². The summed E-state index contributed by atoms with van der Waals surface area (Å²) in [5, 5.41) is 3.50. The predicted octanol–water partition coefficient (Wildman–Crippen LogP) is 2.73. The van der Waals surface area contributed by atoms with Crippen molar-refractivity contribution in [1.29, 1.82) is 0 Å². The summed E-state index contributed by atoms with van der Waals surface area (Å²) in [6, 6.07) is 6.57. The maximum Gasteiger partial charge on any atom is 0.211 e. The second-order valence-corrected chi connectivity index (χ2v) is 8.76. The van der Waals surface area contributed by atoms with Crippen molar-refractivity contribution >= 4 is 41.9 Å². The molecule has 0 spiro atoms. The summed E-state index contributed by atoms with van der Waals surface area (Å²) < 4.78 is 26.5. The Morgan fingerprint density at radius 1 is 1.25 bits per heavy atom. The van der Waals surface area contributed by atoms with Crippen LogP contribution in [-0.4, -0.2) is 38.1 Å². The molecule has 1 aromatic rings. The zero-order chi connectivity index (χ0) is 14.8. The summed E-state index contributed by atoms with van der Waals surface area (Å²) >= 11 is 6.95. The van der Waals surface area contributed by atoms with Gasteiger partial charge >= 0.3 is 0 Å². The second-order valence-electron chi connectivity index (χ2n) is 5.07. The Kier molecular flexibility index (Phi) is 5.64. The molecule has 0 amide bonds. The van der Waals surface area contributed by atoms with E-state index in [4.69, 9.17) is 0 Å². The number of piperidine rings is 1. The number of sulfonamides is 1. The number of nitrogens with one attached hydrogen (secondary N) is 1. The highest BCUT2D eigenvalue weighted by Gasteiger charge is 2.24. The highest BCUT2D eigenvalue weighted by atomic mass is 79.9. The van der Waals surface area contributed by atoms with Crippen molar-refractivity contribution in [3.05, 3.63) is 32.7 Å². The maximum atomic E-state index is 11.4. The Labute approximate surface area is 137 Å². The molecular formula is C13H18Br2N2O2S. The van der Waals surface area contributed by atoms with Gasteiger partial charge in [0.05, 0.1) is 6.26 Å². The molecule has 0 atom stereocenters. The van der Waals surface area contributed by atoms with Crippen molar-refractivity contribution in [3.8, 4) is 0 Å². The molecule has 1 aliphatic rings. The highest BCUT2D eigenvalue weighted by molar-refractivity contribution is 9.13. The number of nitrogens with zero attached hydrogens (tertiary/aromatic N) is 1. The molecule has 4 nitrogen and oxygen atoms in total. The maximum absolute atomic E-state index is 11.4. The fourth-order valence-corrected chi connectivity index (χ4v) is 3.85. The Hall–Kier alpha value is 0.0500. The minimum Gasteiger partial charge on any atom is -0.310 e. The number of hydrogen-bond acceptors (Lipinski definition) is 3. The summed E-state index contributed by atoms with van der Waals surface area (Å²) in [4.78, 5) is 0. The predicted molar refractivity (Wildman–Crippen MR) is 88.1 cm³/mol. The molecule has 0 saturated carbocycles. The lowest BCUT2D eigenvalue weighted by Crippen LogP contribution is -2.44. The minimum atomic E-state index is -3.03. The SMILES string of the molecule is CS(=O)(=O)N1CCC(NCc2ccc(Br)c(Br)c2)CC1. The van der Waals surface area contributed by atoms with Crippen LogP contribution in [0.2, 0.25) is 0 Å². The summed E-state index contributed by atoms with van der Waals surface area (Å²) in [6.45, 7) is 2.02. The fraction of sp³-hybridized carbons (Fsp3) is 0.538. The molecule has 1 heterocycles. The van der Waals surface area contributed by atoms with Gasteiger partial charge in [0, 0.05) is 34.6 Å². The van der Waals surface area contributed by atoms with E-state index in [0.717, 1.165) is 28.3 Å². The van der Waals surface area contributed by atoms with Crippen LogP contribution in [0.3, 0.4) is 0 Å². The number of halogens is 2. The van der Waals surface area contributed by atoms with E-state index in [1.165, 1.54) is 11.8 Å². The van der Waals surface area contributed by atoms with Crippen LogP contribution in [0.1, 0.15) is 18.4 Å². The smallest absolute Gasteiger partial charge is 0.211 e. The third-order valence-corrected chi connectivity index (χ3v) is 6.68. The van der Waals surface area contributed by atoms with Crippen LogP contribution < -0.4 is 5.32 Å². The Morgan fingerprint density at radius 3 is 2.45 bits per heavy atom. The first kappa shape index (κ1) is 16.4. The number of benzene rings is 1. The van der Waals surface area contributed by atoms with E-state index in [-0.39, 0.29) is 0 Å². The van der Waals surface area contributed by atoms with E-state index in [1.807, 2.05) is 6.07 Å². The highest BCUT2D eigenvalue weighted by Crippen LogP contribution is 2.24. The van der Waals surface area contributed by atoms with Crippen LogP contribution in [0.4, 0.5) is 0 Å². The van der Waals surface area contributed by atoms with Crippen LogP contribution in [-0.2, 0) is 16.6 Å². The first-order valence-electron chi connectivity index (χ1n) is 6.48. The van der Waals surface area contributed by atoms with Crippen LogP contribution >= 0.6 is 31.9 Å². The third kappa shape index (κ3) is 4.53. The monoisotopic (exact) mass is 424 g/mol. The van der Waals surface area contributed by atoms with Crippen LogP contribution in [0.25, 0.3) is 0 Å². The molecule has 0 aliphatic carbocycles. The molecule has 1 N–H and O–H groups in total. The Bertz CT molecular complexity index is 570. The molecule has 20 heavy (non-hydrogen) atoms. The lowest BCUT2D eigenvalue weighted by Gasteiger charge is -2.30. The molecule has 112 valence electrons. The molecule has 1 aliphatic heterocycles. The molecule has 1 aromatic carbocycles. The van der Waals surface area contributed by atoms with Gasteiger partial charge in [-0.15, -0.1) is 0 Å². The standard InChI is InChI=1S/C13H18Br2N2O2S/c1-20(18,19)17-6-4-11(5-7-17)16-9-10-2-3-12(14)13(15)8-10/h2-3,8,11,16H,4-7,9H2,1H3. The van der Waals surface area contributed by atoms with Crippen molar-refractivity contribution in [1.82, 2.24) is 9.62 Å². The molecule has 0 radical (unpaired) electrons. The summed E-state index contributed by atoms with van der Waals surface area (Å²) in [7, 11) is -3.03. The lowest BCUT2D eigenvalue weighted by molar-refractivity contribution is 0.290. The summed E-state index contributed by atoms with van der Waals surface area (Å²) in [6.07, 6.45) is 3.01.